The molecule has 1 amide bonds. The molecule has 0 bridgehead atoms. The number of anilines is 1. The van der Waals surface area contributed by atoms with E-state index in [4.69, 9.17) is 0 Å². The number of aromatic nitrogens is 4. The Morgan fingerprint density at radius 3 is 3.00 bits per heavy atom. The van der Waals surface area contributed by atoms with Crippen LogP contribution in [0.4, 0.5) is 5.69 Å². The van der Waals surface area contributed by atoms with Crippen molar-refractivity contribution in [3.05, 3.63) is 32.6 Å². The lowest BCUT2D eigenvalue weighted by Gasteiger charge is -2.29. The van der Waals surface area contributed by atoms with E-state index in [1.54, 1.807) is 16.8 Å². The highest BCUT2D eigenvalue weighted by atomic mass is 79.9. The summed E-state index contributed by atoms with van der Waals surface area (Å²) in [5, 5.41) is 7.85. The molecule has 1 fully saturated rings. The number of thiazole rings is 1. The lowest BCUT2D eigenvalue weighted by atomic mass is 10.2. The molecule has 4 aromatic rings. The van der Waals surface area contributed by atoms with Gasteiger partial charge in [0.25, 0.3) is 5.56 Å². The number of nitrogens with zero attached hydrogens (tertiary/aromatic N) is 4. The minimum atomic E-state index is -0.220. The second kappa shape index (κ2) is 5.86. The summed E-state index contributed by atoms with van der Waals surface area (Å²) in [6, 6.07) is 1.72. The highest BCUT2D eigenvalue weighted by Gasteiger charge is 2.18. The minimum Gasteiger partial charge on any atom is -0.324 e. The van der Waals surface area contributed by atoms with Crippen molar-refractivity contribution in [1.82, 2.24) is 24.5 Å². The Labute approximate surface area is 158 Å². The molecule has 0 atom stereocenters. The number of hydrogen-bond acceptors (Lipinski definition) is 6. The van der Waals surface area contributed by atoms with Crippen LogP contribution in [-0.4, -0.2) is 50.0 Å². The van der Waals surface area contributed by atoms with Crippen molar-refractivity contribution in [2.45, 2.75) is 6.42 Å². The SMILES string of the molecule is O=C(CN1CCC1)Nc1cnc2c(c1)[nH]c(=O)c1c2nn2cc(Br)sc12. The molecular weight excluding hydrogens is 420 g/mol. The molecule has 0 spiro atoms. The fourth-order valence-electron chi connectivity index (χ4n) is 3.13. The summed E-state index contributed by atoms with van der Waals surface area (Å²) in [7, 11) is 0. The maximum Gasteiger partial charge on any atom is 0.261 e. The third kappa shape index (κ3) is 2.52. The molecule has 5 rings (SSSR count). The molecule has 0 aromatic carbocycles. The van der Waals surface area contributed by atoms with Crippen LogP contribution in [0.3, 0.4) is 0 Å². The molecule has 0 saturated carbocycles. The number of hydrogen-bond donors (Lipinski definition) is 2. The minimum absolute atomic E-state index is 0.0818. The maximum absolute atomic E-state index is 12.6. The summed E-state index contributed by atoms with van der Waals surface area (Å²) in [5.41, 5.74) is 2.05. The average molecular weight is 433 g/mol. The number of amides is 1. The van der Waals surface area contributed by atoms with E-state index < -0.39 is 0 Å². The molecule has 8 nitrogen and oxygen atoms in total. The quantitative estimate of drug-likeness (QED) is 0.517. The van der Waals surface area contributed by atoms with Crippen LogP contribution < -0.4 is 10.9 Å². The van der Waals surface area contributed by atoms with Gasteiger partial charge in [0.1, 0.15) is 21.3 Å². The maximum atomic E-state index is 12.6. The lowest BCUT2D eigenvalue weighted by molar-refractivity contribution is -0.118. The molecule has 2 N–H and O–H groups in total. The highest BCUT2D eigenvalue weighted by molar-refractivity contribution is 9.11. The summed E-state index contributed by atoms with van der Waals surface area (Å²) in [5.74, 6) is -0.0818. The fourth-order valence-corrected chi connectivity index (χ4v) is 4.60. The molecule has 132 valence electrons. The number of halogens is 1. The Morgan fingerprint density at radius 1 is 1.38 bits per heavy atom. The summed E-state index contributed by atoms with van der Waals surface area (Å²) in [6.07, 6.45) is 4.55. The van der Waals surface area contributed by atoms with Gasteiger partial charge in [-0.2, -0.15) is 5.10 Å². The van der Waals surface area contributed by atoms with E-state index in [1.807, 2.05) is 6.20 Å². The normalized spacial score (nSPS) is 15.0. The van der Waals surface area contributed by atoms with Crippen LogP contribution in [0.1, 0.15) is 6.42 Å². The highest BCUT2D eigenvalue weighted by Crippen LogP contribution is 2.30. The number of aromatic amines is 1. The van der Waals surface area contributed by atoms with Gasteiger partial charge in [-0.05, 0) is 41.5 Å². The van der Waals surface area contributed by atoms with Gasteiger partial charge in [0.2, 0.25) is 5.91 Å². The molecule has 1 saturated heterocycles. The molecule has 1 aliphatic heterocycles. The van der Waals surface area contributed by atoms with Gasteiger partial charge in [-0.3, -0.25) is 19.5 Å². The second-order valence-electron chi connectivity index (χ2n) is 6.26. The topological polar surface area (TPSA) is 95.4 Å². The number of carbonyl (C=O) groups is 1. The van der Waals surface area contributed by atoms with Crippen molar-refractivity contribution in [3.8, 4) is 0 Å². The van der Waals surface area contributed by atoms with E-state index in [1.165, 1.54) is 11.3 Å². The van der Waals surface area contributed by atoms with Crippen molar-refractivity contribution in [1.29, 1.82) is 0 Å². The summed E-state index contributed by atoms with van der Waals surface area (Å²) in [6.45, 7) is 2.30. The van der Waals surface area contributed by atoms with Crippen LogP contribution in [0.25, 0.3) is 26.8 Å². The Morgan fingerprint density at radius 2 is 2.23 bits per heavy atom. The molecular formula is C16H13BrN6O2S. The molecule has 0 unspecified atom stereocenters. The zero-order valence-corrected chi connectivity index (χ0v) is 15.9. The van der Waals surface area contributed by atoms with Crippen molar-refractivity contribution < 1.29 is 4.79 Å². The Balaban J connectivity index is 1.57. The first-order valence-electron chi connectivity index (χ1n) is 8.10. The fraction of sp³-hybridized carbons (Fsp3) is 0.250. The van der Waals surface area contributed by atoms with Gasteiger partial charge >= 0.3 is 0 Å². The Bertz CT molecular complexity index is 1240. The predicted octanol–water partition coefficient (Wildman–Crippen LogP) is 2.19. The number of fused-ring (bicyclic) bond motifs is 5. The largest absolute Gasteiger partial charge is 0.324 e. The zero-order valence-electron chi connectivity index (χ0n) is 13.5. The van der Waals surface area contributed by atoms with Gasteiger partial charge in [0.15, 0.2) is 0 Å². The number of rotatable bonds is 3. The summed E-state index contributed by atoms with van der Waals surface area (Å²) in [4.78, 5) is 34.8. The van der Waals surface area contributed by atoms with Crippen LogP contribution >= 0.6 is 27.3 Å². The molecule has 4 aromatic heterocycles. The molecule has 5 heterocycles. The van der Waals surface area contributed by atoms with E-state index in [2.05, 4.69) is 41.2 Å². The van der Waals surface area contributed by atoms with Gasteiger partial charge in [-0.1, -0.05) is 0 Å². The molecule has 1 aliphatic rings. The average Bonchev–Trinajstić information content (AvgIpc) is 3.07. The van der Waals surface area contributed by atoms with Gasteiger partial charge in [0.05, 0.1) is 33.9 Å². The van der Waals surface area contributed by atoms with Gasteiger partial charge < -0.3 is 10.3 Å². The van der Waals surface area contributed by atoms with Crippen molar-refractivity contribution in [2.75, 3.05) is 25.0 Å². The number of likely N-dealkylation sites (tertiary alicyclic amines) is 1. The van der Waals surface area contributed by atoms with E-state index in [-0.39, 0.29) is 11.5 Å². The van der Waals surface area contributed by atoms with Crippen LogP contribution in [0.5, 0.6) is 0 Å². The first-order chi connectivity index (χ1) is 12.6. The number of nitrogens with one attached hydrogen (secondary N) is 2. The number of pyridine rings is 2. The predicted molar refractivity (Wildman–Crippen MR) is 104 cm³/mol. The summed E-state index contributed by atoms with van der Waals surface area (Å²) < 4.78 is 2.58. The number of H-pyrrole nitrogens is 1. The van der Waals surface area contributed by atoms with E-state index in [9.17, 15) is 9.59 Å². The van der Waals surface area contributed by atoms with Gasteiger partial charge in [0, 0.05) is 0 Å². The second-order valence-corrected chi connectivity index (χ2v) is 8.67. The third-order valence-electron chi connectivity index (χ3n) is 4.47. The molecule has 0 radical (unpaired) electrons. The van der Waals surface area contributed by atoms with Crippen LogP contribution in [0.2, 0.25) is 0 Å². The van der Waals surface area contributed by atoms with Crippen molar-refractivity contribution >= 4 is 65.6 Å². The smallest absolute Gasteiger partial charge is 0.261 e. The molecule has 26 heavy (non-hydrogen) atoms. The van der Waals surface area contributed by atoms with Gasteiger partial charge in [-0.15, -0.1) is 11.3 Å². The first-order valence-corrected chi connectivity index (χ1v) is 9.71. The van der Waals surface area contributed by atoms with E-state index in [0.29, 0.717) is 34.2 Å². The molecule has 10 heteroatoms. The Kier molecular flexibility index (Phi) is 3.59. The lowest BCUT2D eigenvalue weighted by Crippen LogP contribution is -2.42. The van der Waals surface area contributed by atoms with Crippen molar-refractivity contribution in [3.63, 3.8) is 0 Å². The monoisotopic (exact) mass is 432 g/mol. The van der Waals surface area contributed by atoms with Crippen LogP contribution in [0.15, 0.2) is 27.0 Å². The van der Waals surface area contributed by atoms with E-state index in [0.717, 1.165) is 28.1 Å². The first kappa shape index (κ1) is 15.9. The third-order valence-corrected chi connectivity index (χ3v) is 6.05. The molecule has 0 aliphatic carbocycles. The van der Waals surface area contributed by atoms with E-state index >= 15 is 0 Å². The summed E-state index contributed by atoms with van der Waals surface area (Å²) >= 11 is 4.85. The van der Waals surface area contributed by atoms with Crippen LogP contribution in [-0.2, 0) is 4.79 Å². The van der Waals surface area contributed by atoms with Gasteiger partial charge in [-0.25, -0.2) is 4.52 Å². The Hall–Kier alpha value is -2.30. The van der Waals surface area contributed by atoms with Crippen LogP contribution in [0, 0.1) is 0 Å². The van der Waals surface area contributed by atoms with Crippen molar-refractivity contribution in [2.24, 2.45) is 0 Å². The zero-order chi connectivity index (χ0) is 17.8. The number of carbonyl (C=O) groups excluding carboxylic acids is 1. The standard InChI is InChI=1S/C16H13BrN6O2S/c17-10-6-23-16(26-10)12-14(21-23)13-9(20-15(12)25)4-8(5-18-13)19-11(24)7-22-2-1-3-22/h4-6H,1-3,7H2,(H,19,24)(H,20,25).